The maximum Gasteiger partial charge on any atom is 0.305 e. The number of carboxylic acid groups (broad SMARTS) is 1. The molecule has 2 N–H and O–H groups in total. The third kappa shape index (κ3) is 4.83. The highest BCUT2D eigenvalue weighted by molar-refractivity contribution is 5.86. The molecule has 6 heteroatoms. The van der Waals surface area contributed by atoms with Gasteiger partial charge in [0.25, 0.3) is 0 Å². The van der Waals surface area contributed by atoms with Crippen molar-refractivity contribution >= 4 is 11.9 Å². The number of amides is 1. The largest absolute Gasteiger partial charge is 0.489 e. The Bertz CT molecular complexity index is 746. The molecule has 1 fully saturated rings. The van der Waals surface area contributed by atoms with Gasteiger partial charge in [-0.1, -0.05) is 42.5 Å². The summed E-state index contributed by atoms with van der Waals surface area (Å²) in [6.45, 7) is 2.21. The first-order chi connectivity index (χ1) is 12.6. The zero-order valence-corrected chi connectivity index (χ0v) is 14.4. The monoisotopic (exact) mass is 354 g/mol. The molecule has 26 heavy (non-hydrogen) atoms. The van der Waals surface area contributed by atoms with Crippen LogP contribution in [0.5, 0.6) is 5.75 Å². The molecule has 0 aromatic heterocycles. The molecule has 1 saturated heterocycles. The maximum atomic E-state index is 12.0. The van der Waals surface area contributed by atoms with Crippen molar-refractivity contribution in [3.63, 3.8) is 0 Å². The minimum Gasteiger partial charge on any atom is -0.489 e. The van der Waals surface area contributed by atoms with Gasteiger partial charge in [0.15, 0.2) is 0 Å². The lowest BCUT2D eigenvalue weighted by molar-refractivity contribution is -0.143. The summed E-state index contributed by atoms with van der Waals surface area (Å²) < 4.78 is 5.77. The van der Waals surface area contributed by atoms with Crippen LogP contribution in [0, 0.1) is 0 Å². The van der Waals surface area contributed by atoms with Gasteiger partial charge in [-0.3, -0.25) is 14.5 Å². The number of carbonyl (C=O) groups excluding carboxylic acids is 1. The topological polar surface area (TPSA) is 78.9 Å². The van der Waals surface area contributed by atoms with Crippen molar-refractivity contribution < 1.29 is 19.4 Å². The summed E-state index contributed by atoms with van der Waals surface area (Å²) in [5, 5.41) is 11.8. The number of ether oxygens (including phenoxy) is 1. The molecule has 136 valence electrons. The predicted octanol–water partition coefficient (Wildman–Crippen LogP) is 2.04. The van der Waals surface area contributed by atoms with E-state index in [1.54, 1.807) is 0 Å². The van der Waals surface area contributed by atoms with Crippen LogP contribution in [-0.2, 0) is 22.7 Å². The number of benzene rings is 2. The molecule has 1 atom stereocenters. The molecule has 2 aromatic rings. The number of nitrogens with one attached hydrogen (secondary N) is 1. The van der Waals surface area contributed by atoms with Crippen molar-refractivity contribution in [1.82, 2.24) is 10.2 Å². The third-order valence-corrected chi connectivity index (χ3v) is 4.37. The van der Waals surface area contributed by atoms with Crippen LogP contribution < -0.4 is 10.1 Å². The normalized spacial score (nSPS) is 17.5. The molecule has 1 aliphatic rings. The van der Waals surface area contributed by atoms with E-state index in [-0.39, 0.29) is 12.3 Å². The first-order valence-corrected chi connectivity index (χ1v) is 8.61. The molecule has 0 aliphatic carbocycles. The quantitative estimate of drug-likeness (QED) is 0.796. The number of aliphatic carboxylic acids is 1. The minimum absolute atomic E-state index is 0.190. The number of rotatable bonds is 7. The summed E-state index contributed by atoms with van der Waals surface area (Å²) in [6.07, 6.45) is -0.190. The van der Waals surface area contributed by atoms with E-state index in [4.69, 9.17) is 9.84 Å². The molecule has 3 rings (SSSR count). The summed E-state index contributed by atoms with van der Waals surface area (Å²) >= 11 is 0. The van der Waals surface area contributed by atoms with E-state index in [9.17, 15) is 9.59 Å². The molecule has 1 amide bonds. The molecule has 0 spiro atoms. The lowest BCUT2D eigenvalue weighted by Crippen LogP contribution is -2.55. The van der Waals surface area contributed by atoms with Gasteiger partial charge in [0.1, 0.15) is 18.4 Å². The smallest absolute Gasteiger partial charge is 0.305 e. The Kier molecular flexibility index (Phi) is 5.86. The number of hydrogen-bond donors (Lipinski definition) is 2. The molecule has 2 aromatic carbocycles. The Balaban J connectivity index is 1.59. The van der Waals surface area contributed by atoms with Crippen molar-refractivity contribution in [3.8, 4) is 5.75 Å². The van der Waals surface area contributed by atoms with Gasteiger partial charge in [-0.05, 0) is 23.3 Å². The average molecular weight is 354 g/mol. The summed E-state index contributed by atoms with van der Waals surface area (Å²) in [5.74, 6) is -0.417. The van der Waals surface area contributed by atoms with E-state index in [0.29, 0.717) is 26.2 Å². The summed E-state index contributed by atoms with van der Waals surface area (Å²) in [5.41, 5.74) is 2.12. The highest BCUT2D eigenvalue weighted by Gasteiger charge is 2.31. The van der Waals surface area contributed by atoms with E-state index < -0.39 is 12.0 Å². The second-order valence-corrected chi connectivity index (χ2v) is 6.29. The van der Waals surface area contributed by atoms with Crippen molar-refractivity contribution in [1.29, 1.82) is 0 Å². The molecule has 0 saturated carbocycles. The summed E-state index contributed by atoms with van der Waals surface area (Å²) in [7, 11) is 0. The van der Waals surface area contributed by atoms with E-state index in [2.05, 4.69) is 5.32 Å². The minimum atomic E-state index is -0.971. The molecule has 0 radical (unpaired) electrons. The Hall–Kier alpha value is -2.86. The van der Waals surface area contributed by atoms with E-state index in [1.165, 1.54) is 0 Å². The lowest BCUT2D eigenvalue weighted by atomic mass is 10.1. The van der Waals surface area contributed by atoms with Crippen LogP contribution in [0.4, 0.5) is 0 Å². The third-order valence-electron chi connectivity index (χ3n) is 4.37. The Morgan fingerprint density at radius 2 is 1.85 bits per heavy atom. The van der Waals surface area contributed by atoms with Gasteiger partial charge in [-0.15, -0.1) is 0 Å². The molecular weight excluding hydrogens is 332 g/mol. The molecular formula is C20H22N2O4. The van der Waals surface area contributed by atoms with Crippen LogP contribution in [0.2, 0.25) is 0 Å². The van der Waals surface area contributed by atoms with Gasteiger partial charge in [-0.25, -0.2) is 0 Å². The number of carbonyl (C=O) groups is 2. The van der Waals surface area contributed by atoms with Crippen LogP contribution in [0.15, 0.2) is 54.6 Å². The maximum absolute atomic E-state index is 12.0. The van der Waals surface area contributed by atoms with Gasteiger partial charge in [0, 0.05) is 19.6 Å². The number of carboxylic acids is 1. The fraction of sp³-hybridized carbons (Fsp3) is 0.300. The first kappa shape index (κ1) is 17.9. The molecule has 1 aliphatic heterocycles. The highest BCUT2D eigenvalue weighted by Crippen LogP contribution is 2.18. The van der Waals surface area contributed by atoms with Crippen molar-refractivity contribution in [2.45, 2.75) is 25.6 Å². The molecule has 0 bridgehead atoms. The van der Waals surface area contributed by atoms with E-state index in [0.717, 1.165) is 16.9 Å². The van der Waals surface area contributed by atoms with Gasteiger partial charge >= 0.3 is 5.97 Å². The van der Waals surface area contributed by atoms with E-state index >= 15 is 0 Å². The van der Waals surface area contributed by atoms with Crippen LogP contribution in [0.25, 0.3) is 0 Å². The van der Waals surface area contributed by atoms with Gasteiger partial charge < -0.3 is 15.2 Å². The first-order valence-electron chi connectivity index (χ1n) is 8.61. The zero-order valence-electron chi connectivity index (χ0n) is 14.4. The van der Waals surface area contributed by atoms with Gasteiger partial charge in [-0.2, -0.15) is 0 Å². The average Bonchev–Trinajstić information content (AvgIpc) is 2.65. The lowest BCUT2D eigenvalue weighted by Gasteiger charge is -2.34. The molecule has 6 nitrogen and oxygen atoms in total. The van der Waals surface area contributed by atoms with Crippen molar-refractivity contribution in [2.24, 2.45) is 0 Å². The fourth-order valence-electron chi connectivity index (χ4n) is 3.01. The van der Waals surface area contributed by atoms with Crippen LogP contribution in [-0.4, -0.2) is 41.0 Å². The van der Waals surface area contributed by atoms with Crippen molar-refractivity contribution in [2.75, 3.05) is 13.1 Å². The van der Waals surface area contributed by atoms with Gasteiger partial charge in [0.2, 0.25) is 5.91 Å². The number of piperazine rings is 1. The number of hydrogen-bond acceptors (Lipinski definition) is 4. The van der Waals surface area contributed by atoms with E-state index in [1.807, 2.05) is 59.5 Å². The Labute approximate surface area is 152 Å². The summed E-state index contributed by atoms with van der Waals surface area (Å²) in [6, 6.07) is 17.0. The molecule has 1 heterocycles. The van der Waals surface area contributed by atoms with Crippen molar-refractivity contribution in [3.05, 3.63) is 65.7 Å². The summed E-state index contributed by atoms with van der Waals surface area (Å²) in [4.78, 5) is 24.9. The Morgan fingerprint density at radius 3 is 2.54 bits per heavy atom. The fourth-order valence-corrected chi connectivity index (χ4v) is 3.01. The highest BCUT2D eigenvalue weighted by atomic mass is 16.5. The SMILES string of the molecule is O=C(O)CC1C(=O)NCCN1Cc1ccc(OCc2ccccc2)cc1. The second-order valence-electron chi connectivity index (χ2n) is 6.29. The Morgan fingerprint density at radius 1 is 1.12 bits per heavy atom. The number of nitrogens with zero attached hydrogens (tertiary/aromatic N) is 1. The zero-order chi connectivity index (χ0) is 18.4. The van der Waals surface area contributed by atoms with Crippen LogP contribution in [0.1, 0.15) is 17.5 Å². The standard InChI is InChI=1S/C20H22N2O4/c23-19(24)12-18-20(25)21-10-11-22(18)13-15-6-8-17(9-7-15)26-14-16-4-2-1-3-5-16/h1-9,18H,10-14H2,(H,21,25)(H,23,24). The van der Waals surface area contributed by atoms with Gasteiger partial charge in [0.05, 0.1) is 6.42 Å². The van der Waals surface area contributed by atoms with Crippen LogP contribution >= 0.6 is 0 Å². The molecule has 1 unspecified atom stereocenters. The van der Waals surface area contributed by atoms with Crippen LogP contribution in [0.3, 0.4) is 0 Å². The second kappa shape index (κ2) is 8.49. The predicted molar refractivity (Wildman–Crippen MR) is 96.7 cm³/mol.